The van der Waals surface area contributed by atoms with Crippen molar-refractivity contribution in [1.82, 2.24) is 28.4 Å². The van der Waals surface area contributed by atoms with Crippen molar-refractivity contribution in [3.63, 3.8) is 0 Å². The number of carbonyl (C=O) groups excluding carboxylic acids is 4. The minimum absolute atomic E-state index is 0.0205. The Labute approximate surface area is 614 Å². The highest BCUT2D eigenvalue weighted by atomic mass is 32.1. The summed E-state index contributed by atoms with van der Waals surface area (Å²) in [6.45, 7) is 14.0. The zero-order valence-corrected chi connectivity index (χ0v) is 60.6. The lowest BCUT2D eigenvalue weighted by Crippen LogP contribution is -2.49. The molecule has 15 rings (SSSR count). The van der Waals surface area contributed by atoms with E-state index in [-0.39, 0.29) is 41.9 Å². The molecular formula is C78H75N11O13S3. The number of ether oxygens (including phenoxy) is 1. The standard InChI is InChI=1S/C32H29N3O5.C23H20N4O4S2.C23H26N4O4S/c1-2-39-32(38)28-29(33-15-17-34(18-16-33)30(36)27-12-7-19-40-27)25-10-5-6-11-26(25)35(31(28)37)21-22-13-14-23-8-3-4-9-24(23)20-22;28-22(19-6-3-12-33-19)25-10-8-24(9-11-25)20-17-4-1-2-5-18(17)26(14-16-7-13-32-15-16)23(29)21(20)27(30)31;1-23(2,3)15-26-17-8-5-4-7-16(17)19(20(22(26)29)27(30)31)24-10-12-25(13-11-24)21(28)18-9-6-14-32-18/h3-14,19-20H,2,15-18,21H2,1H3;1-7,12-13,15H,8-11,14H2;4-9,14H,10-13,15H2,1-3H3. The van der Waals surface area contributed by atoms with Crippen LogP contribution in [0.25, 0.3) is 43.5 Å². The molecule has 0 spiro atoms. The number of amides is 3. The number of fused-ring (bicyclic) bond motifs is 4. The Hall–Kier alpha value is -11.6. The highest BCUT2D eigenvalue weighted by Gasteiger charge is 2.37. The third-order valence-corrected chi connectivity index (χ3v) is 21.2. The second-order valence-electron chi connectivity index (χ2n) is 26.7. The van der Waals surface area contributed by atoms with Gasteiger partial charge < -0.3 is 47.7 Å². The van der Waals surface area contributed by atoms with Crippen LogP contribution in [-0.2, 0) is 24.4 Å². The van der Waals surface area contributed by atoms with E-state index in [0.717, 1.165) is 32.8 Å². The van der Waals surface area contributed by atoms with Gasteiger partial charge in [0.15, 0.2) is 5.76 Å². The molecular weight excluding hydrogens is 1400 g/mol. The molecule has 10 heterocycles. The summed E-state index contributed by atoms with van der Waals surface area (Å²) in [6, 6.07) is 49.0. The summed E-state index contributed by atoms with van der Waals surface area (Å²) in [4.78, 5) is 128. The van der Waals surface area contributed by atoms with E-state index in [1.807, 2.05) is 178 Å². The van der Waals surface area contributed by atoms with Gasteiger partial charge in [0.1, 0.15) is 16.9 Å². The molecule has 0 bridgehead atoms. The topological polar surface area (TPSA) is 262 Å². The number of piperazine rings is 3. The SMILES string of the molecule is CC(C)(C)Cn1c(=O)c([N+](=O)[O-])c(N2CCN(C(=O)c3cccs3)CC2)c2ccccc21.CCOC(=O)c1c(N2CCN(C(=O)c3ccco3)CC2)c2ccccc2n(Cc2ccc3ccccc3c2)c1=O.O=C(c1cccs1)N1CCN(c2c([N+](=O)[O-])c(=O)n(Cc3ccsc3)c3ccccc23)CC1. The van der Waals surface area contributed by atoms with E-state index in [2.05, 4.69) is 12.1 Å². The maximum atomic E-state index is 14.1. The first kappa shape index (κ1) is 71.8. The van der Waals surface area contributed by atoms with Gasteiger partial charge >= 0.3 is 28.5 Å². The van der Waals surface area contributed by atoms with Gasteiger partial charge in [-0.1, -0.05) is 124 Å². The van der Waals surface area contributed by atoms with Crippen LogP contribution < -0.4 is 31.4 Å². The molecule has 24 nitrogen and oxygen atoms in total. The highest BCUT2D eigenvalue weighted by molar-refractivity contribution is 7.12. The van der Waals surface area contributed by atoms with Crippen LogP contribution >= 0.6 is 34.0 Å². The van der Waals surface area contributed by atoms with Crippen LogP contribution in [0.15, 0.2) is 204 Å². The molecule has 0 saturated carbocycles. The fourth-order valence-electron chi connectivity index (χ4n) is 13.9. The maximum Gasteiger partial charge on any atom is 0.357 e. The largest absolute Gasteiger partial charge is 0.462 e. The maximum absolute atomic E-state index is 14.1. The number of anilines is 3. The fourth-order valence-corrected chi connectivity index (χ4v) is 16.0. The predicted octanol–water partition coefficient (Wildman–Crippen LogP) is 13.0. The quantitative estimate of drug-likeness (QED) is 0.0524. The Morgan fingerprint density at radius 3 is 1.41 bits per heavy atom. The van der Waals surface area contributed by atoms with Crippen molar-refractivity contribution in [3.8, 4) is 0 Å². The van der Waals surface area contributed by atoms with E-state index in [1.54, 1.807) is 50.5 Å². The molecule has 7 aromatic heterocycles. The molecule has 3 aliphatic rings. The normalized spacial score (nSPS) is 14.1. The summed E-state index contributed by atoms with van der Waals surface area (Å²) in [7, 11) is 0. The van der Waals surface area contributed by atoms with Crippen molar-refractivity contribution in [2.24, 2.45) is 5.41 Å². The number of benzene rings is 5. The van der Waals surface area contributed by atoms with Gasteiger partial charge in [-0.15, -0.1) is 22.7 Å². The number of furan rings is 1. The second-order valence-corrected chi connectivity index (χ2v) is 29.4. The Morgan fingerprint density at radius 2 is 0.943 bits per heavy atom. The number of esters is 1. The lowest BCUT2D eigenvalue weighted by Gasteiger charge is -2.37. The third kappa shape index (κ3) is 15.1. The number of para-hydroxylation sites is 3. The molecule has 3 aliphatic heterocycles. The van der Waals surface area contributed by atoms with Gasteiger partial charge in [0.2, 0.25) is 0 Å². The van der Waals surface area contributed by atoms with Gasteiger partial charge in [0.05, 0.1) is 67.8 Å². The van der Waals surface area contributed by atoms with Crippen molar-refractivity contribution in [1.29, 1.82) is 0 Å². The number of aromatic nitrogens is 3. The molecule has 538 valence electrons. The highest BCUT2D eigenvalue weighted by Crippen LogP contribution is 2.38. The molecule has 3 amide bonds. The Bertz CT molecular complexity index is 5410. The van der Waals surface area contributed by atoms with Crippen molar-refractivity contribution >= 4 is 130 Å². The number of nitrogens with zero attached hydrogens (tertiary/aromatic N) is 11. The first-order chi connectivity index (χ1) is 50.8. The number of pyridine rings is 3. The van der Waals surface area contributed by atoms with Gasteiger partial charge in [-0.2, -0.15) is 11.3 Å². The van der Waals surface area contributed by atoms with Crippen LogP contribution in [0.2, 0.25) is 0 Å². The predicted molar refractivity (Wildman–Crippen MR) is 412 cm³/mol. The average molecular weight is 1470 g/mol. The Balaban J connectivity index is 0.000000141. The van der Waals surface area contributed by atoms with Gasteiger partial charge in [-0.05, 0) is 110 Å². The molecule has 3 fully saturated rings. The number of hydrogen-bond donors (Lipinski definition) is 0. The third-order valence-electron chi connectivity index (χ3n) is 18.8. The molecule has 27 heteroatoms. The van der Waals surface area contributed by atoms with Gasteiger partial charge in [0.25, 0.3) is 23.3 Å². The number of carbonyl (C=O) groups is 4. The zero-order valence-electron chi connectivity index (χ0n) is 58.2. The number of thiophene rings is 3. The van der Waals surface area contributed by atoms with E-state index < -0.39 is 43.9 Å². The molecule has 0 unspecified atom stereocenters. The summed E-state index contributed by atoms with van der Waals surface area (Å²) in [5.41, 5.74) is 2.59. The van der Waals surface area contributed by atoms with Crippen molar-refractivity contribution < 1.29 is 38.2 Å². The van der Waals surface area contributed by atoms with Crippen LogP contribution in [0.3, 0.4) is 0 Å². The first-order valence-electron chi connectivity index (χ1n) is 34.4. The monoisotopic (exact) mass is 1470 g/mol. The zero-order chi connectivity index (χ0) is 73.6. The van der Waals surface area contributed by atoms with Crippen molar-refractivity contribution in [3.05, 3.63) is 269 Å². The van der Waals surface area contributed by atoms with Crippen LogP contribution in [0.4, 0.5) is 28.4 Å². The van der Waals surface area contributed by atoms with Crippen LogP contribution in [-0.4, -0.2) is 147 Å². The number of nitro groups is 2. The number of rotatable bonds is 15. The van der Waals surface area contributed by atoms with Gasteiger partial charge in [-0.3, -0.25) is 53.6 Å². The summed E-state index contributed by atoms with van der Waals surface area (Å²) in [6.07, 6.45) is 1.48. The van der Waals surface area contributed by atoms with Crippen LogP contribution in [0.5, 0.6) is 0 Å². The minimum atomic E-state index is -0.644. The summed E-state index contributed by atoms with van der Waals surface area (Å²) < 4.78 is 15.4. The second kappa shape index (κ2) is 31.2. The smallest absolute Gasteiger partial charge is 0.357 e. The Kier molecular flexibility index (Phi) is 21.3. The Morgan fingerprint density at radius 1 is 0.486 bits per heavy atom. The molecule has 105 heavy (non-hydrogen) atoms. The van der Waals surface area contributed by atoms with Crippen LogP contribution in [0.1, 0.15) is 79.1 Å². The van der Waals surface area contributed by atoms with E-state index in [1.165, 1.54) is 49.4 Å². The molecule has 0 aliphatic carbocycles. The summed E-state index contributed by atoms with van der Waals surface area (Å²) in [5.74, 6) is -0.585. The minimum Gasteiger partial charge on any atom is -0.462 e. The molecule has 0 N–H and O–H groups in total. The molecule has 12 aromatic rings. The summed E-state index contributed by atoms with van der Waals surface area (Å²) >= 11 is 4.32. The fraction of sp³-hybridized carbons (Fsp3) is 0.269. The average Bonchev–Trinajstić information content (AvgIpc) is 1.63. The first-order valence-corrected chi connectivity index (χ1v) is 37.1. The van der Waals surface area contributed by atoms with Crippen LogP contribution in [0, 0.1) is 25.6 Å². The lowest BCUT2D eigenvalue weighted by molar-refractivity contribution is -0.385. The molecule has 0 atom stereocenters. The molecule has 5 aromatic carbocycles. The van der Waals surface area contributed by atoms with Gasteiger partial charge in [-0.25, -0.2) is 4.79 Å². The van der Waals surface area contributed by atoms with E-state index in [9.17, 15) is 53.8 Å². The van der Waals surface area contributed by atoms with Crippen molar-refractivity contribution in [2.75, 3.05) is 99.8 Å². The number of hydrogen-bond acceptors (Lipinski definition) is 19. The lowest BCUT2D eigenvalue weighted by atomic mass is 9.96. The molecule has 0 radical (unpaired) electrons. The van der Waals surface area contributed by atoms with Crippen molar-refractivity contribution in [2.45, 2.75) is 47.3 Å². The van der Waals surface area contributed by atoms with E-state index in [0.29, 0.717) is 146 Å². The summed E-state index contributed by atoms with van der Waals surface area (Å²) in [5, 5.41) is 36.1. The van der Waals surface area contributed by atoms with Gasteiger partial charge in [0, 0.05) is 101 Å². The van der Waals surface area contributed by atoms with E-state index >= 15 is 0 Å². The molecule has 3 saturated heterocycles. The van der Waals surface area contributed by atoms with E-state index in [4.69, 9.17) is 9.15 Å².